The molecule has 2 nitrogen and oxygen atoms in total. The van der Waals surface area contributed by atoms with E-state index in [0.29, 0.717) is 0 Å². The maximum Gasteiger partial charge on any atom is 0.0577 e. The van der Waals surface area contributed by atoms with Crippen molar-refractivity contribution in [2.45, 2.75) is 19.4 Å². The van der Waals surface area contributed by atoms with Crippen molar-refractivity contribution >= 4 is 15.9 Å². The van der Waals surface area contributed by atoms with E-state index < -0.39 is 0 Å². The van der Waals surface area contributed by atoms with E-state index in [0.717, 1.165) is 22.2 Å². The molecule has 2 N–H and O–H groups in total. The highest BCUT2D eigenvalue weighted by Gasteiger charge is 2.06. The topological polar surface area (TPSA) is 38.9 Å². The number of aromatic nitrogens is 1. The van der Waals surface area contributed by atoms with Crippen LogP contribution >= 0.6 is 15.9 Å². The molecule has 1 rings (SSSR count). The minimum Gasteiger partial charge on any atom is -0.322 e. The standard InChI is InChI=1S/C10H13BrN2/c1-3-4-9(12)10-5-7(2)8(11)6-13-10/h3,5-6,9H,1,4,12H2,2H3. The summed E-state index contributed by atoms with van der Waals surface area (Å²) in [6.45, 7) is 5.67. The predicted molar refractivity (Wildman–Crippen MR) is 58.4 cm³/mol. The Bertz CT molecular complexity index is 310. The first kappa shape index (κ1) is 10.4. The van der Waals surface area contributed by atoms with Crippen LogP contribution in [0.2, 0.25) is 0 Å². The Morgan fingerprint density at radius 1 is 1.77 bits per heavy atom. The van der Waals surface area contributed by atoms with Gasteiger partial charge in [0.2, 0.25) is 0 Å². The Kier molecular flexibility index (Phi) is 3.63. The summed E-state index contributed by atoms with van der Waals surface area (Å²) in [4.78, 5) is 4.24. The molecule has 0 saturated carbocycles. The van der Waals surface area contributed by atoms with Gasteiger partial charge in [-0.3, -0.25) is 4.98 Å². The molecule has 0 radical (unpaired) electrons. The summed E-state index contributed by atoms with van der Waals surface area (Å²) in [6, 6.07) is 1.96. The third-order valence-corrected chi connectivity index (χ3v) is 2.70. The van der Waals surface area contributed by atoms with Crippen LogP contribution in [-0.2, 0) is 0 Å². The van der Waals surface area contributed by atoms with E-state index in [1.54, 1.807) is 6.20 Å². The first-order valence-corrected chi connectivity index (χ1v) is 4.93. The van der Waals surface area contributed by atoms with Gasteiger partial charge >= 0.3 is 0 Å². The molecule has 0 saturated heterocycles. The molecule has 1 aromatic heterocycles. The normalized spacial score (nSPS) is 12.5. The SMILES string of the molecule is C=CCC(N)c1cc(C)c(Br)cn1. The highest BCUT2D eigenvalue weighted by molar-refractivity contribution is 9.10. The van der Waals surface area contributed by atoms with E-state index in [-0.39, 0.29) is 6.04 Å². The number of nitrogens with two attached hydrogens (primary N) is 1. The Labute approximate surface area is 87.0 Å². The van der Waals surface area contributed by atoms with Gasteiger partial charge in [0.1, 0.15) is 0 Å². The molecular formula is C10H13BrN2. The van der Waals surface area contributed by atoms with Crippen molar-refractivity contribution in [3.63, 3.8) is 0 Å². The number of rotatable bonds is 3. The summed E-state index contributed by atoms with van der Waals surface area (Å²) in [5.41, 5.74) is 7.95. The fourth-order valence-electron chi connectivity index (χ4n) is 1.06. The van der Waals surface area contributed by atoms with Gasteiger partial charge in [-0.2, -0.15) is 0 Å². The molecule has 0 amide bonds. The Hall–Kier alpha value is -0.670. The van der Waals surface area contributed by atoms with Crippen LogP contribution in [0.15, 0.2) is 29.4 Å². The van der Waals surface area contributed by atoms with E-state index in [1.165, 1.54) is 0 Å². The Balaban J connectivity index is 2.89. The number of hydrogen-bond acceptors (Lipinski definition) is 2. The van der Waals surface area contributed by atoms with Crippen LogP contribution in [0.1, 0.15) is 23.7 Å². The molecular weight excluding hydrogens is 228 g/mol. The largest absolute Gasteiger partial charge is 0.322 e. The van der Waals surface area contributed by atoms with E-state index in [1.807, 2.05) is 19.1 Å². The summed E-state index contributed by atoms with van der Waals surface area (Å²) < 4.78 is 1.02. The van der Waals surface area contributed by atoms with E-state index in [9.17, 15) is 0 Å². The second kappa shape index (κ2) is 4.53. The first-order valence-electron chi connectivity index (χ1n) is 4.13. The molecule has 1 atom stereocenters. The molecule has 0 aromatic carbocycles. The number of halogens is 1. The maximum absolute atomic E-state index is 5.88. The molecule has 0 aliphatic carbocycles. The van der Waals surface area contributed by atoms with E-state index in [4.69, 9.17) is 5.73 Å². The van der Waals surface area contributed by atoms with Gasteiger partial charge in [-0.25, -0.2) is 0 Å². The second-order valence-corrected chi connectivity index (χ2v) is 3.84. The van der Waals surface area contributed by atoms with Gasteiger partial charge in [0, 0.05) is 10.7 Å². The zero-order valence-electron chi connectivity index (χ0n) is 7.63. The number of aryl methyl sites for hydroxylation is 1. The molecule has 1 unspecified atom stereocenters. The van der Waals surface area contributed by atoms with Gasteiger partial charge in [0.05, 0.1) is 11.7 Å². The summed E-state index contributed by atoms with van der Waals surface area (Å²) >= 11 is 3.39. The lowest BCUT2D eigenvalue weighted by atomic mass is 10.1. The fraction of sp³-hybridized carbons (Fsp3) is 0.300. The van der Waals surface area contributed by atoms with Crippen LogP contribution in [0.3, 0.4) is 0 Å². The third-order valence-electron chi connectivity index (χ3n) is 1.87. The zero-order valence-corrected chi connectivity index (χ0v) is 9.21. The smallest absolute Gasteiger partial charge is 0.0577 e. The lowest BCUT2D eigenvalue weighted by molar-refractivity contribution is 0.712. The van der Waals surface area contributed by atoms with Crippen LogP contribution in [0.5, 0.6) is 0 Å². The predicted octanol–water partition coefficient (Wildman–Crippen LogP) is 2.73. The molecule has 0 bridgehead atoms. The zero-order chi connectivity index (χ0) is 9.84. The van der Waals surface area contributed by atoms with Crippen molar-refractivity contribution in [2.24, 2.45) is 5.73 Å². The average molecular weight is 241 g/mol. The van der Waals surface area contributed by atoms with Gasteiger partial charge < -0.3 is 5.73 Å². The van der Waals surface area contributed by atoms with Crippen LogP contribution in [0.25, 0.3) is 0 Å². The Morgan fingerprint density at radius 3 is 3.00 bits per heavy atom. The average Bonchev–Trinajstić information content (AvgIpc) is 2.10. The minimum absolute atomic E-state index is 0.0377. The highest BCUT2D eigenvalue weighted by Crippen LogP contribution is 2.19. The molecule has 0 aliphatic heterocycles. The highest BCUT2D eigenvalue weighted by atomic mass is 79.9. The molecule has 70 valence electrons. The van der Waals surface area contributed by atoms with Crippen LogP contribution in [0, 0.1) is 6.92 Å². The fourth-order valence-corrected chi connectivity index (χ4v) is 1.28. The maximum atomic E-state index is 5.88. The van der Waals surface area contributed by atoms with Gasteiger partial charge in [0.25, 0.3) is 0 Å². The summed E-state index contributed by atoms with van der Waals surface area (Å²) in [5.74, 6) is 0. The molecule has 0 aliphatic rings. The van der Waals surface area contributed by atoms with Gasteiger partial charge in [-0.05, 0) is 40.9 Å². The number of hydrogen-bond donors (Lipinski definition) is 1. The van der Waals surface area contributed by atoms with Crippen molar-refractivity contribution in [1.29, 1.82) is 0 Å². The molecule has 3 heteroatoms. The van der Waals surface area contributed by atoms with Crippen molar-refractivity contribution in [1.82, 2.24) is 4.98 Å². The van der Waals surface area contributed by atoms with E-state index >= 15 is 0 Å². The molecule has 0 fully saturated rings. The third kappa shape index (κ3) is 2.64. The van der Waals surface area contributed by atoms with Crippen molar-refractivity contribution < 1.29 is 0 Å². The van der Waals surface area contributed by atoms with Crippen LogP contribution in [-0.4, -0.2) is 4.98 Å². The quantitative estimate of drug-likeness (QED) is 0.826. The first-order chi connectivity index (χ1) is 6.15. The monoisotopic (exact) mass is 240 g/mol. The van der Waals surface area contributed by atoms with Crippen molar-refractivity contribution in [3.8, 4) is 0 Å². The van der Waals surface area contributed by atoms with Gasteiger partial charge in [0.15, 0.2) is 0 Å². The summed E-state index contributed by atoms with van der Waals surface area (Å²) in [5, 5.41) is 0. The minimum atomic E-state index is -0.0377. The summed E-state index contributed by atoms with van der Waals surface area (Å²) in [7, 11) is 0. The van der Waals surface area contributed by atoms with Gasteiger partial charge in [-0.1, -0.05) is 6.08 Å². The number of nitrogens with zero attached hydrogens (tertiary/aromatic N) is 1. The number of pyridine rings is 1. The summed E-state index contributed by atoms with van der Waals surface area (Å²) in [6.07, 6.45) is 4.35. The molecule has 13 heavy (non-hydrogen) atoms. The van der Waals surface area contributed by atoms with E-state index in [2.05, 4.69) is 27.5 Å². The van der Waals surface area contributed by atoms with Gasteiger partial charge in [-0.15, -0.1) is 6.58 Å². The Morgan fingerprint density at radius 2 is 2.46 bits per heavy atom. The van der Waals surface area contributed by atoms with Crippen molar-refractivity contribution in [3.05, 3.63) is 40.6 Å². The lowest BCUT2D eigenvalue weighted by Crippen LogP contribution is -2.11. The molecule has 1 aromatic rings. The molecule has 0 spiro atoms. The van der Waals surface area contributed by atoms with Crippen LogP contribution in [0.4, 0.5) is 0 Å². The second-order valence-electron chi connectivity index (χ2n) is 2.99. The van der Waals surface area contributed by atoms with Crippen LogP contribution < -0.4 is 5.73 Å². The lowest BCUT2D eigenvalue weighted by Gasteiger charge is -2.09. The molecule has 1 heterocycles. The van der Waals surface area contributed by atoms with Crippen molar-refractivity contribution in [2.75, 3.05) is 0 Å².